The first kappa shape index (κ1) is 25.7. The molecule has 0 aliphatic carbocycles. The Morgan fingerprint density at radius 1 is 0.946 bits per heavy atom. The summed E-state index contributed by atoms with van der Waals surface area (Å²) >= 11 is 0. The fraction of sp³-hybridized carbons (Fsp3) is 0.296. The van der Waals surface area contributed by atoms with E-state index in [0.29, 0.717) is 42.4 Å². The number of benzene rings is 2. The van der Waals surface area contributed by atoms with Crippen LogP contribution in [0.3, 0.4) is 0 Å². The summed E-state index contributed by atoms with van der Waals surface area (Å²) < 4.78 is 13.2. The number of nitrogens with one attached hydrogen (secondary N) is 3. The van der Waals surface area contributed by atoms with Gasteiger partial charge in [-0.25, -0.2) is 4.39 Å². The van der Waals surface area contributed by atoms with Crippen LogP contribution in [-0.4, -0.2) is 54.1 Å². The van der Waals surface area contributed by atoms with Gasteiger partial charge in [0.15, 0.2) is 5.82 Å². The van der Waals surface area contributed by atoms with E-state index in [-0.39, 0.29) is 29.5 Å². The molecule has 3 amide bonds. The van der Waals surface area contributed by atoms with Gasteiger partial charge in [-0.3, -0.25) is 14.4 Å². The van der Waals surface area contributed by atoms with Crippen LogP contribution in [0, 0.1) is 11.7 Å². The number of carbonyl (C=O) groups excluding carboxylic acids is 3. The molecule has 4 rings (SSSR count). The summed E-state index contributed by atoms with van der Waals surface area (Å²) in [7, 11) is 0. The van der Waals surface area contributed by atoms with Crippen LogP contribution in [0.2, 0.25) is 0 Å². The molecule has 0 bridgehead atoms. The Labute approximate surface area is 214 Å². The summed E-state index contributed by atoms with van der Waals surface area (Å²) in [5, 5.41) is 16.9. The molecule has 9 nitrogen and oxygen atoms in total. The monoisotopic (exact) mass is 504 g/mol. The van der Waals surface area contributed by atoms with Gasteiger partial charge in [-0.15, -0.1) is 10.2 Å². The molecule has 1 unspecified atom stereocenters. The average Bonchev–Trinajstić information content (AvgIpc) is 2.91. The topological polar surface area (TPSA) is 116 Å². The van der Waals surface area contributed by atoms with Crippen molar-refractivity contribution in [3.63, 3.8) is 0 Å². The molecule has 3 aromatic rings. The second-order valence-corrected chi connectivity index (χ2v) is 8.87. The van der Waals surface area contributed by atoms with Crippen LogP contribution in [-0.2, 0) is 9.59 Å². The minimum atomic E-state index is -0.303. The van der Waals surface area contributed by atoms with E-state index in [0.717, 1.165) is 24.9 Å². The van der Waals surface area contributed by atoms with Gasteiger partial charge in [0.25, 0.3) is 5.91 Å². The van der Waals surface area contributed by atoms with E-state index >= 15 is 0 Å². The van der Waals surface area contributed by atoms with Crippen molar-refractivity contribution < 1.29 is 18.8 Å². The summed E-state index contributed by atoms with van der Waals surface area (Å²) in [5.41, 5.74) is 2.52. The number of anilines is 2. The fourth-order valence-electron chi connectivity index (χ4n) is 4.18. The molecule has 2 heterocycles. The number of piperidine rings is 1. The molecule has 3 N–H and O–H groups in total. The minimum absolute atomic E-state index is 0.0606. The third kappa shape index (κ3) is 7.09. The van der Waals surface area contributed by atoms with E-state index in [1.807, 2.05) is 17.0 Å². The summed E-state index contributed by atoms with van der Waals surface area (Å²) in [5.74, 6) is -0.293. The van der Waals surface area contributed by atoms with Crippen LogP contribution < -0.4 is 20.9 Å². The molecule has 0 radical (unpaired) electrons. The van der Waals surface area contributed by atoms with Gasteiger partial charge in [-0.1, -0.05) is 0 Å². The number of amides is 3. The Balaban J connectivity index is 1.22. The number of halogens is 1. The normalized spacial score (nSPS) is 15.1. The first-order chi connectivity index (χ1) is 17.9. The Kier molecular flexibility index (Phi) is 8.40. The molecule has 1 aromatic heterocycles. The molecule has 37 heavy (non-hydrogen) atoms. The lowest BCUT2D eigenvalue weighted by Crippen LogP contribution is -2.45. The maximum atomic E-state index is 13.2. The van der Waals surface area contributed by atoms with Crippen LogP contribution in [0.4, 0.5) is 15.9 Å². The highest BCUT2D eigenvalue weighted by Gasteiger charge is 2.26. The molecule has 1 fully saturated rings. The van der Waals surface area contributed by atoms with Crippen molar-refractivity contribution in [1.29, 1.82) is 0 Å². The van der Waals surface area contributed by atoms with Crippen LogP contribution >= 0.6 is 0 Å². The lowest BCUT2D eigenvalue weighted by Gasteiger charge is -2.32. The van der Waals surface area contributed by atoms with Crippen LogP contribution in [0.1, 0.15) is 30.1 Å². The fourth-order valence-corrected chi connectivity index (χ4v) is 4.18. The average molecular weight is 505 g/mol. The Hall–Kier alpha value is -4.34. The van der Waals surface area contributed by atoms with Crippen LogP contribution in [0.5, 0.6) is 0 Å². The smallest absolute Gasteiger partial charge is 0.251 e. The highest BCUT2D eigenvalue weighted by Crippen LogP contribution is 2.23. The number of hydrogen-bond donors (Lipinski definition) is 3. The SMILES string of the molecule is CC(=O)Nc1ccc(C(=O)NCCNC(=O)C2CCCN(c3ccc(-c4ccc(F)cc4)nn3)C2)cc1. The second-order valence-electron chi connectivity index (χ2n) is 8.87. The van der Waals surface area contributed by atoms with Gasteiger partial charge in [0.2, 0.25) is 11.8 Å². The van der Waals surface area contributed by atoms with Crippen molar-refractivity contribution in [2.45, 2.75) is 19.8 Å². The lowest BCUT2D eigenvalue weighted by atomic mass is 9.97. The largest absolute Gasteiger partial charge is 0.354 e. The van der Waals surface area contributed by atoms with Gasteiger partial charge >= 0.3 is 0 Å². The molecule has 0 saturated carbocycles. The number of nitrogens with zero attached hydrogens (tertiary/aromatic N) is 3. The first-order valence-corrected chi connectivity index (χ1v) is 12.2. The summed E-state index contributed by atoms with van der Waals surface area (Å²) in [6.45, 7) is 3.35. The molecule has 2 aromatic carbocycles. The number of rotatable bonds is 8. The molecule has 1 saturated heterocycles. The predicted molar refractivity (Wildman–Crippen MR) is 138 cm³/mol. The van der Waals surface area contributed by atoms with E-state index in [2.05, 4.69) is 26.1 Å². The van der Waals surface area contributed by atoms with Crippen molar-refractivity contribution in [2.75, 3.05) is 36.4 Å². The summed E-state index contributed by atoms with van der Waals surface area (Å²) in [4.78, 5) is 38.2. The Morgan fingerprint density at radius 2 is 1.68 bits per heavy atom. The highest BCUT2D eigenvalue weighted by atomic mass is 19.1. The van der Waals surface area contributed by atoms with E-state index in [1.165, 1.54) is 19.1 Å². The Bertz CT molecular complexity index is 1230. The van der Waals surface area contributed by atoms with Crippen LogP contribution in [0.15, 0.2) is 60.7 Å². The second kappa shape index (κ2) is 12.1. The van der Waals surface area contributed by atoms with Crippen molar-refractivity contribution in [3.8, 4) is 11.3 Å². The molecular weight excluding hydrogens is 475 g/mol. The van der Waals surface area contributed by atoms with Crippen molar-refractivity contribution in [2.24, 2.45) is 5.92 Å². The zero-order valence-electron chi connectivity index (χ0n) is 20.5. The molecule has 1 aliphatic heterocycles. The zero-order chi connectivity index (χ0) is 26.2. The maximum Gasteiger partial charge on any atom is 0.251 e. The van der Waals surface area contributed by atoms with Gasteiger partial charge in [-0.05, 0) is 73.5 Å². The zero-order valence-corrected chi connectivity index (χ0v) is 20.5. The predicted octanol–water partition coefficient (Wildman–Crippen LogP) is 3.00. The minimum Gasteiger partial charge on any atom is -0.354 e. The molecule has 1 atom stereocenters. The van der Waals surface area contributed by atoms with Gasteiger partial charge < -0.3 is 20.9 Å². The van der Waals surface area contributed by atoms with Gasteiger partial charge in [0.1, 0.15) is 5.82 Å². The van der Waals surface area contributed by atoms with E-state index < -0.39 is 0 Å². The Morgan fingerprint density at radius 3 is 2.35 bits per heavy atom. The van der Waals surface area contributed by atoms with Gasteiger partial charge in [-0.2, -0.15) is 0 Å². The standard InChI is InChI=1S/C27H29FN6O3/c1-18(35)31-23-10-6-20(7-11-23)26(36)29-14-15-30-27(37)21-3-2-16-34(17-21)25-13-12-24(32-33-25)19-4-8-22(28)9-5-19/h4-13,21H,2-3,14-17H2,1H3,(H,29,36)(H,30,37)(H,31,35). The summed E-state index contributed by atoms with van der Waals surface area (Å²) in [6.07, 6.45) is 1.63. The quantitative estimate of drug-likeness (QED) is 0.406. The van der Waals surface area contributed by atoms with Gasteiger partial charge in [0, 0.05) is 49.9 Å². The molecule has 1 aliphatic rings. The van der Waals surface area contributed by atoms with Crippen LogP contribution in [0.25, 0.3) is 11.3 Å². The van der Waals surface area contributed by atoms with Gasteiger partial charge in [0.05, 0.1) is 11.6 Å². The lowest BCUT2D eigenvalue weighted by molar-refractivity contribution is -0.125. The third-order valence-corrected chi connectivity index (χ3v) is 6.08. The molecular formula is C27H29FN6O3. The third-order valence-electron chi connectivity index (χ3n) is 6.08. The van der Waals surface area contributed by atoms with E-state index in [9.17, 15) is 18.8 Å². The van der Waals surface area contributed by atoms with Crippen molar-refractivity contribution in [1.82, 2.24) is 20.8 Å². The van der Waals surface area contributed by atoms with Crippen molar-refractivity contribution in [3.05, 3.63) is 72.0 Å². The highest BCUT2D eigenvalue weighted by molar-refractivity contribution is 5.95. The summed E-state index contributed by atoms with van der Waals surface area (Å²) in [6, 6.07) is 16.4. The van der Waals surface area contributed by atoms with E-state index in [1.54, 1.807) is 36.4 Å². The molecule has 0 spiro atoms. The number of carbonyl (C=O) groups is 3. The molecule has 192 valence electrons. The number of aromatic nitrogens is 2. The van der Waals surface area contributed by atoms with E-state index in [4.69, 9.17) is 0 Å². The molecule has 10 heteroatoms. The maximum absolute atomic E-state index is 13.2. The van der Waals surface area contributed by atoms with Crippen molar-refractivity contribution >= 4 is 29.2 Å². The first-order valence-electron chi connectivity index (χ1n) is 12.2. The number of hydrogen-bond acceptors (Lipinski definition) is 6.